The van der Waals surface area contributed by atoms with Crippen molar-refractivity contribution in [1.29, 1.82) is 0 Å². The van der Waals surface area contributed by atoms with Gasteiger partial charge in [0.15, 0.2) is 0 Å². The van der Waals surface area contributed by atoms with Gasteiger partial charge in [-0.1, -0.05) is 41.9 Å². The monoisotopic (exact) mass is 389 g/mol. The van der Waals surface area contributed by atoms with Crippen LogP contribution >= 0.6 is 11.6 Å². The molecule has 2 N–H and O–H groups in total. The van der Waals surface area contributed by atoms with E-state index in [0.29, 0.717) is 37.0 Å². The van der Waals surface area contributed by atoms with E-state index in [0.717, 1.165) is 5.56 Å². The summed E-state index contributed by atoms with van der Waals surface area (Å²) in [7, 11) is 0. The average Bonchev–Trinajstić information content (AvgIpc) is 2.69. The number of amides is 3. The van der Waals surface area contributed by atoms with Crippen molar-refractivity contribution in [3.05, 3.63) is 65.2 Å². The third kappa shape index (κ3) is 7.58. The van der Waals surface area contributed by atoms with Gasteiger partial charge >= 0.3 is 6.03 Å². The standard InChI is InChI=1S/C20H24ClN3O3/c1-2-24(15-16-6-4-3-5-7-16)19(25)14-23-20(26)22-12-13-27-18-10-8-17(21)9-11-18/h3-11H,2,12-15H2,1H3,(H2,22,23,26). The quantitative estimate of drug-likeness (QED) is 0.647. The summed E-state index contributed by atoms with van der Waals surface area (Å²) in [6, 6.07) is 16.3. The van der Waals surface area contributed by atoms with Gasteiger partial charge in [0.05, 0.1) is 13.1 Å². The molecule has 0 saturated heterocycles. The van der Waals surface area contributed by atoms with Gasteiger partial charge in [-0.05, 0) is 36.8 Å². The largest absolute Gasteiger partial charge is 0.492 e. The molecule has 7 heteroatoms. The van der Waals surface area contributed by atoms with Gasteiger partial charge in [-0.2, -0.15) is 0 Å². The maximum Gasteiger partial charge on any atom is 0.315 e. The minimum atomic E-state index is -0.404. The molecule has 2 aromatic carbocycles. The third-order valence-corrected chi connectivity index (χ3v) is 4.07. The van der Waals surface area contributed by atoms with Crippen molar-refractivity contribution in [3.8, 4) is 5.75 Å². The lowest BCUT2D eigenvalue weighted by Gasteiger charge is -2.21. The molecule has 2 rings (SSSR count). The Morgan fingerprint density at radius 1 is 1.04 bits per heavy atom. The Kier molecular flexibility index (Phi) is 8.45. The summed E-state index contributed by atoms with van der Waals surface area (Å²) in [5.74, 6) is 0.546. The molecule has 0 aliphatic rings. The van der Waals surface area contributed by atoms with Crippen LogP contribution in [-0.2, 0) is 11.3 Å². The predicted molar refractivity (Wildman–Crippen MR) is 106 cm³/mol. The van der Waals surface area contributed by atoms with Gasteiger partial charge in [0, 0.05) is 18.1 Å². The Morgan fingerprint density at radius 3 is 2.41 bits per heavy atom. The molecule has 0 atom stereocenters. The highest BCUT2D eigenvalue weighted by atomic mass is 35.5. The fraction of sp³-hybridized carbons (Fsp3) is 0.300. The van der Waals surface area contributed by atoms with Gasteiger partial charge in [-0.15, -0.1) is 0 Å². The average molecular weight is 390 g/mol. The molecule has 3 amide bonds. The van der Waals surface area contributed by atoms with Crippen LogP contribution in [0, 0.1) is 0 Å². The number of halogens is 1. The molecule has 27 heavy (non-hydrogen) atoms. The van der Waals surface area contributed by atoms with E-state index in [1.807, 2.05) is 37.3 Å². The number of ether oxygens (including phenoxy) is 1. The van der Waals surface area contributed by atoms with Gasteiger partial charge in [0.25, 0.3) is 0 Å². The van der Waals surface area contributed by atoms with Gasteiger partial charge in [0.2, 0.25) is 5.91 Å². The minimum Gasteiger partial charge on any atom is -0.492 e. The molecule has 6 nitrogen and oxygen atoms in total. The van der Waals surface area contributed by atoms with E-state index in [2.05, 4.69) is 10.6 Å². The lowest BCUT2D eigenvalue weighted by Crippen LogP contribution is -2.44. The summed E-state index contributed by atoms with van der Waals surface area (Å²) in [5, 5.41) is 5.87. The molecule has 0 fully saturated rings. The van der Waals surface area contributed by atoms with E-state index in [4.69, 9.17) is 16.3 Å². The van der Waals surface area contributed by atoms with Crippen LogP contribution in [0.1, 0.15) is 12.5 Å². The zero-order chi connectivity index (χ0) is 19.5. The smallest absolute Gasteiger partial charge is 0.315 e. The molecule has 0 radical (unpaired) electrons. The Labute approximate surface area is 164 Å². The van der Waals surface area contributed by atoms with Crippen LogP contribution in [0.5, 0.6) is 5.75 Å². The normalized spacial score (nSPS) is 10.1. The first kappa shape index (κ1) is 20.6. The van der Waals surface area contributed by atoms with Crippen molar-refractivity contribution in [2.45, 2.75) is 13.5 Å². The van der Waals surface area contributed by atoms with Gasteiger partial charge in [-0.3, -0.25) is 4.79 Å². The Balaban J connectivity index is 1.64. The van der Waals surface area contributed by atoms with Crippen molar-refractivity contribution in [2.75, 3.05) is 26.2 Å². The zero-order valence-corrected chi connectivity index (χ0v) is 16.0. The Hall–Kier alpha value is -2.73. The minimum absolute atomic E-state index is 0.0510. The van der Waals surface area contributed by atoms with E-state index < -0.39 is 6.03 Å². The molecule has 0 aromatic heterocycles. The molecule has 0 unspecified atom stereocenters. The number of likely N-dealkylation sites (N-methyl/N-ethyl adjacent to an activating group) is 1. The van der Waals surface area contributed by atoms with E-state index in [9.17, 15) is 9.59 Å². The maximum atomic E-state index is 12.3. The van der Waals surface area contributed by atoms with Crippen LogP contribution in [-0.4, -0.2) is 43.1 Å². The highest BCUT2D eigenvalue weighted by Crippen LogP contribution is 2.15. The second-order valence-electron chi connectivity index (χ2n) is 5.81. The van der Waals surface area contributed by atoms with Crippen LogP contribution in [0.2, 0.25) is 5.02 Å². The van der Waals surface area contributed by atoms with Crippen molar-refractivity contribution in [3.63, 3.8) is 0 Å². The number of nitrogens with zero attached hydrogens (tertiary/aromatic N) is 1. The topological polar surface area (TPSA) is 70.7 Å². The summed E-state index contributed by atoms with van der Waals surface area (Å²) in [5.41, 5.74) is 1.05. The van der Waals surface area contributed by atoms with Crippen LogP contribution in [0.15, 0.2) is 54.6 Å². The molecular weight excluding hydrogens is 366 g/mol. The highest BCUT2D eigenvalue weighted by Gasteiger charge is 2.13. The lowest BCUT2D eigenvalue weighted by molar-refractivity contribution is -0.130. The molecule has 0 aliphatic heterocycles. The van der Waals surface area contributed by atoms with Crippen molar-refractivity contribution in [1.82, 2.24) is 15.5 Å². The van der Waals surface area contributed by atoms with E-state index >= 15 is 0 Å². The Bertz CT molecular complexity index is 723. The van der Waals surface area contributed by atoms with E-state index in [1.165, 1.54) is 0 Å². The summed E-state index contributed by atoms with van der Waals surface area (Å²) in [6.07, 6.45) is 0. The number of hydrogen-bond acceptors (Lipinski definition) is 3. The van der Waals surface area contributed by atoms with Crippen LogP contribution in [0.25, 0.3) is 0 Å². The van der Waals surface area contributed by atoms with Gasteiger partial charge < -0.3 is 20.3 Å². The van der Waals surface area contributed by atoms with Gasteiger partial charge in [0.1, 0.15) is 12.4 Å². The van der Waals surface area contributed by atoms with Crippen molar-refractivity contribution < 1.29 is 14.3 Å². The second kappa shape index (κ2) is 11.1. The molecule has 0 spiro atoms. The maximum absolute atomic E-state index is 12.3. The number of nitrogens with one attached hydrogen (secondary N) is 2. The molecule has 2 aromatic rings. The van der Waals surface area contributed by atoms with Gasteiger partial charge in [-0.25, -0.2) is 4.79 Å². The van der Waals surface area contributed by atoms with Crippen LogP contribution in [0.4, 0.5) is 4.79 Å². The van der Waals surface area contributed by atoms with Crippen molar-refractivity contribution >= 4 is 23.5 Å². The SMILES string of the molecule is CCN(Cc1ccccc1)C(=O)CNC(=O)NCCOc1ccc(Cl)cc1. The first-order valence-electron chi connectivity index (χ1n) is 8.80. The summed E-state index contributed by atoms with van der Waals surface area (Å²) in [6.45, 7) is 3.60. The number of rotatable bonds is 9. The molecule has 0 bridgehead atoms. The number of carbonyl (C=O) groups is 2. The molecule has 0 heterocycles. The zero-order valence-electron chi connectivity index (χ0n) is 15.3. The fourth-order valence-corrected chi connectivity index (χ4v) is 2.50. The molecular formula is C20H24ClN3O3. The summed E-state index contributed by atoms with van der Waals surface area (Å²) < 4.78 is 5.48. The Morgan fingerprint density at radius 2 is 1.74 bits per heavy atom. The number of hydrogen-bond donors (Lipinski definition) is 2. The first-order valence-corrected chi connectivity index (χ1v) is 9.18. The van der Waals surface area contributed by atoms with Crippen molar-refractivity contribution in [2.24, 2.45) is 0 Å². The highest BCUT2D eigenvalue weighted by molar-refractivity contribution is 6.30. The van der Waals surface area contributed by atoms with E-state index in [1.54, 1.807) is 29.2 Å². The third-order valence-electron chi connectivity index (χ3n) is 3.82. The number of benzene rings is 2. The fourth-order valence-electron chi connectivity index (χ4n) is 2.37. The number of urea groups is 1. The first-order chi connectivity index (χ1) is 13.1. The molecule has 144 valence electrons. The lowest BCUT2D eigenvalue weighted by atomic mass is 10.2. The summed E-state index contributed by atoms with van der Waals surface area (Å²) >= 11 is 5.80. The number of carbonyl (C=O) groups excluding carboxylic acids is 2. The van der Waals surface area contributed by atoms with Crippen LogP contribution in [0.3, 0.4) is 0 Å². The van der Waals surface area contributed by atoms with E-state index in [-0.39, 0.29) is 12.5 Å². The predicted octanol–water partition coefficient (Wildman–Crippen LogP) is 3.07. The second-order valence-corrected chi connectivity index (χ2v) is 6.24. The van der Waals surface area contributed by atoms with Crippen LogP contribution < -0.4 is 15.4 Å². The molecule has 0 aliphatic carbocycles. The molecule has 0 saturated carbocycles. The summed E-state index contributed by atoms with van der Waals surface area (Å²) in [4.78, 5) is 25.8.